The Bertz CT molecular complexity index is 1000. The smallest absolute Gasteiger partial charge is 0.253 e. The molecule has 1 unspecified atom stereocenters. The molecule has 1 atom stereocenters. The average molecular weight is 407 g/mol. The van der Waals surface area contributed by atoms with Crippen LogP contribution in [0.15, 0.2) is 64.1 Å². The molecule has 30 heavy (non-hydrogen) atoms. The molecule has 3 aromatic rings. The third-order valence-corrected chi connectivity index (χ3v) is 5.71. The van der Waals surface area contributed by atoms with Crippen molar-refractivity contribution in [3.05, 3.63) is 71.7 Å². The maximum atomic E-state index is 14.0. The van der Waals surface area contributed by atoms with E-state index in [4.69, 9.17) is 10.3 Å². The maximum absolute atomic E-state index is 14.0. The van der Waals surface area contributed by atoms with Gasteiger partial charge in [-0.05, 0) is 30.0 Å². The third kappa shape index (κ3) is 4.53. The van der Waals surface area contributed by atoms with Crippen LogP contribution < -0.4 is 5.73 Å². The zero-order valence-electron chi connectivity index (χ0n) is 17.2. The van der Waals surface area contributed by atoms with Gasteiger partial charge in [0.25, 0.3) is 5.88 Å². The van der Waals surface area contributed by atoms with Crippen molar-refractivity contribution in [1.82, 2.24) is 10.1 Å². The fraction of sp³-hybridized carbons (Fsp3) is 0.333. The van der Waals surface area contributed by atoms with Crippen molar-refractivity contribution >= 4 is 11.8 Å². The van der Waals surface area contributed by atoms with Gasteiger partial charge in [-0.2, -0.15) is 4.99 Å². The monoisotopic (exact) mass is 406 g/mol. The number of nitrogens with two attached hydrogens (primary N) is 1. The first-order valence-corrected chi connectivity index (χ1v) is 10.5. The molecule has 2 aromatic carbocycles. The minimum atomic E-state index is -0.223. The number of rotatable bonds is 4. The largest absolute Gasteiger partial charge is 0.369 e. The fourth-order valence-electron chi connectivity index (χ4n) is 3.84. The van der Waals surface area contributed by atoms with E-state index in [1.807, 2.05) is 36.4 Å². The van der Waals surface area contributed by atoms with Crippen molar-refractivity contribution in [2.45, 2.75) is 38.5 Å². The topological polar surface area (TPSA) is 67.7 Å². The summed E-state index contributed by atoms with van der Waals surface area (Å²) in [6.07, 6.45) is 4.75. The molecule has 1 aliphatic rings. The minimum absolute atomic E-state index is 0.0202. The van der Waals surface area contributed by atoms with Crippen LogP contribution in [-0.4, -0.2) is 29.1 Å². The summed E-state index contributed by atoms with van der Waals surface area (Å²) < 4.78 is 19.4. The zero-order valence-corrected chi connectivity index (χ0v) is 17.2. The molecule has 0 saturated carbocycles. The van der Waals surface area contributed by atoms with Crippen LogP contribution in [-0.2, 0) is 0 Å². The Morgan fingerprint density at radius 3 is 2.47 bits per heavy atom. The van der Waals surface area contributed by atoms with Crippen molar-refractivity contribution in [3.8, 4) is 11.1 Å². The number of aromatic nitrogens is 1. The molecule has 1 aliphatic heterocycles. The summed E-state index contributed by atoms with van der Waals surface area (Å²) >= 11 is 0. The van der Waals surface area contributed by atoms with Crippen LogP contribution in [0.25, 0.3) is 11.1 Å². The highest BCUT2D eigenvalue weighted by Gasteiger charge is 2.16. The Kier molecular flexibility index (Phi) is 6.12. The summed E-state index contributed by atoms with van der Waals surface area (Å²) in [5.41, 5.74) is 9.49. The normalized spacial score (nSPS) is 16.3. The second kappa shape index (κ2) is 9.11. The van der Waals surface area contributed by atoms with Gasteiger partial charge in [-0.1, -0.05) is 67.4 Å². The Balaban J connectivity index is 1.48. The third-order valence-electron chi connectivity index (χ3n) is 5.71. The second-order valence-corrected chi connectivity index (χ2v) is 7.78. The van der Waals surface area contributed by atoms with Gasteiger partial charge in [0.05, 0.1) is 5.69 Å². The molecule has 1 saturated heterocycles. The van der Waals surface area contributed by atoms with E-state index in [1.54, 1.807) is 12.1 Å². The van der Waals surface area contributed by atoms with Gasteiger partial charge in [0, 0.05) is 30.6 Å². The maximum Gasteiger partial charge on any atom is 0.253 e. The highest BCUT2D eigenvalue weighted by molar-refractivity contribution is 5.80. The Morgan fingerprint density at radius 1 is 1.07 bits per heavy atom. The number of aliphatic imine (C=N–C) groups is 1. The molecule has 6 heteroatoms. The van der Waals surface area contributed by atoms with Gasteiger partial charge in [0.2, 0.25) is 0 Å². The van der Waals surface area contributed by atoms with E-state index >= 15 is 0 Å². The number of hydrogen-bond acceptors (Lipinski definition) is 3. The lowest BCUT2D eigenvalue weighted by molar-refractivity contribution is 0.410. The molecule has 1 aromatic heterocycles. The van der Waals surface area contributed by atoms with Gasteiger partial charge < -0.3 is 15.2 Å². The lowest BCUT2D eigenvalue weighted by Gasteiger charge is -2.20. The van der Waals surface area contributed by atoms with Crippen LogP contribution in [0, 0.1) is 5.82 Å². The van der Waals surface area contributed by atoms with Crippen LogP contribution >= 0.6 is 0 Å². The second-order valence-electron chi connectivity index (χ2n) is 7.78. The molecule has 0 radical (unpaired) electrons. The molecule has 2 N–H and O–H groups in total. The number of guanidine groups is 1. The molecule has 1 fully saturated rings. The molecular formula is C24H27FN4O. The lowest BCUT2D eigenvalue weighted by Crippen LogP contribution is -2.37. The van der Waals surface area contributed by atoms with Crippen LogP contribution in [0.1, 0.15) is 49.8 Å². The first kappa shape index (κ1) is 20.1. The molecule has 0 amide bonds. The summed E-state index contributed by atoms with van der Waals surface area (Å²) in [7, 11) is 0. The Hall–Kier alpha value is -3.15. The van der Waals surface area contributed by atoms with Gasteiger partial charge in [-0.3, -0.25) is 0 Å². The van der Waals surface area contributed by atoms with E-state index in [0.717, 1.165) is 42.8 Å². The number of halogens is 1. The molecule has 0 bridgehead atoms. The highest BCUT2D eigenvalue weighted by Crippen LogP contribution is 2.29. The van der Waals surface area contributed by atoms with Crippen LogP contribution in [0.2, 0.25) is 0 Å². The lowest BCUT2D eigenvalue weighted by atomic mass is 9.95. The van der Waals surface area contributed by atoms with Crippen LogP contribution in [0.3, 0.4) is 0 Å². The van der Waals surface area contributed by atoms with Crippen LogP contribution in [0.5, 0.6) is 0 Å². The summed E-state index contributed by atoms with van der Waals surface area (Å²) in [6.45, 7) is 3.92. The first-order chi connectivity index (χ1) is 14.6. The zero-order chi connectivity index (χ0) is 20.9. The predicted octanol–water partition coefficient (Wildman–Crippen LogP) is 5.45. The average Bonchev–Trinajstić information content (AvgIpc) is 3.05. The van der Waals surface area contributed by atoms with E-state index in [-0.39, 0.29) is 11.7 Å². The SMILES string of the molecule is CC(c1ccc(-c2ccccc2F)cc1)c1cc(N=C(N)N2CCCCCC2)on1. The van der Waals surface area contributed by atoms with E-state index in [9.17, 15) is 4.39 Å². The number of benzene rings is 2. The molecule has 4 rings (SSSR count). The van der Waals surface area contributed by atoms with Crippen molar-refractivity contribution in [1.29, 1.82) is 0 Å². The first-order valence-electron chi connectivity index (χ1n) is 10.5. The quantitative estimate of drug-likeness (QED) is 0.462. The number of likely N-dealkylation sites (tertiary alicyclic amines) is 1. The summed E-state index contributed by atoms with van der Waals surface area (Å²) in [5, 5.41) is 4.19. The molecule has 0 spiro atoms. The Morgan fingerprint density at radius 2 is 1.77 bits per heavy atom. The highest BCUT2D eigenvalue weighted by atomic mass is 19.1. The van der Waals surface area contributed by atoms with Crippen molar-refractivity contribution in [2.24, 2.45) is 10.7 Å². The Labute approximate surface area is 176 Å². The van der Waals surface area contributed by atoms with E-state index < -0.39 is 0 Å². The van der Waals surface area contributed by atoms with E-state index in [1.165, 1.54) is 18.9 Å². The molecule has 0 aliphatic carbocycles. The summed E-state index contributed by atoms with van der Waals surface area (Å²) in [6, 6.07) is 16.5. The summed E-state index contributed by atoms with van der Waals surface area (Å²) in [5.74, 6) is 0.703. The number of nitrogens with zero attached hydrogens (tertiary/aromatic N) is 3. The van der Waals surface area contributed by atoms with Gasteiger partial charge in [-0.25, -0.2) is 4.39 Å². The van der Waals surface area contributed by atoms with E-state index in [2.05, 4.69) is 22.0 Å². The fourth-order valence-corrected chi connectivity index (χ4v) is 3.84. The van der Waals surface area contributed by atoms with Gasteiger partial charge in [0.15, 0.2) is 5.96 Å². The molecular weight excluding hydrogens is 379 g/mol. The van der Waals surface area contributed by atoms with Gasteiger partial charge in [-0.15, -0.1) is 0 Å². The molecule has 5 nitrogen and oxygen atoms in total. The summed E-state index contributed by atoms with van der Waals surface area (Å²) in [4.78, 5) is 6.55. The van der Waals surface area contributed by atoms with Crippen molar-refractivity contribution in [2.75, 3.05) is 13.1 Å². The van der Waals surface area contributed by atoms with Gasteiger partial charge in [0.1, 0.15) is 5.82 Å². The molecule has 2 heterocycles. The van der Waals surface area contributed by atoms with Crippen molar-refractivity contribution < 1.29 is 8.91 Å². The number of hydrogen-bond donors (Lipinski definition) is 1. The van der Waals surface area contributed by atoms with E-state index in [0.29, 0.717) is 17.4 Å². The van der Waals surface area contributed by atoms with Gasteiger partial charge >= 0.3 is 0 Å². The predicted molar refractivity (Wildman–Crippen MR) is 117 cm³/mol. The van der Waals surface area contributed by atoms with Crippen LogP contribution in [0.4, 0.5) is 10.3 Å². The van der Waals surface area contributed by atoms with Crippen molar-refractivity contribution in [3.63, 3.8) is 0 Å². The minimum Gasteiger partial charge on any atom is -0.369 e. The molecule has 156 valence electrons. The standard InChI is InChI=1S/C24H27FN4O/c1-17(18-10-12-19(13-11-18)20-8-4-5-9-21(20)25)22-16-23(30-28-22)27-24(26)29-14-6-2-3-7-15-29/h4-5,8-13,16-17H,2-3,6-7,14-15H2,1H3,(H2,26,27).